The van der Waals surface area contributed by atoms with E-state index in [1.165, 1.54) is 0 Å². The Labute approximate surface area is 223 Å². The fourth-order valence-electron chi connectivity index (χ4n) is 4.84. The fourth-order valence-corrected chi connectivity index (χ4v) is 5.68. The number of ether oxygens (including phenoxy) is 2. The minimum Gasteiger partial charge on any atom is -0.490 e. The van der Waals surface area contributed by atoms with Gasteiger partial charge in [-0.15, -0.1) is 11.3 Å². The molecule has 4 rings (SSSR count). The van der Waals surface area contributed by atoms with Crippen LogP contribution in [0.1, 0.15) is 80.8 Å². The highest BCUT2D eigenvalue weighted by Crippen LogP contribution is 2.41. The molecule has 0 atom stereocenters. The molecular formula is C29H36N2O5S. The van der Waals surface area contributed by atoms with Gasteiger partial charge >= 0.3 is 5.97 Å². The molecule has 0 spiro atoms. The number of thiophene rings is 1. The van der Waals surface area contributed by atoms with Crippen LogP contribution in [0, 0.1) is 29.1 Å². The molecule has 0 aliphatic heterocycles. The van der Waals surface area contributed by atoms with Crippen LogP contribution in [-0.4, -0.2) is 41.2 Å². The van der Waals surface area contributed by atoms with Crippen molar-refractivity contribution in [3.05, 3.63) is 34.2 Å². The topological polar surface area (TPSA) is 89.0 Å². The Bertz CT molecular complexity index is 1190. The van der Waals surface area contributed by atoms with Gasteiger partial charge in [0.25, 0.3) is 0 Å². The maximum Gasteiger partial charge on any atom is 0.348 e. The van der Waals surface area contributed by atoms with E-state index in [2.05, 4.69) is 23.7 Å². The van der Waals surface area contributed by atoms with Crippen LogP contribution in [0.2, 0.25) is 0 Å². The molecule has 8 heteroatoms. The number of nitrogens with zero attached hydrogens (tertiary/aromatic N) is 2. The van der Waals surface area contributed by atoms with Crippen LogP contribution in [-0.2, 0) is 4.79 Å². The molecule has 1 N–H and O–H groups in total. The molecule has 2 aromatic rings. The number of aromatic nitrogens is 1. The van der Waals surface area contributed by atoms with Crippen molar-refractivity contribution >= 4 is 28.9 Å². The van der Waals surface area contributed by atoms with E-state index in [9.17, 15) is 14.7 Å². The van der Waals surface area contributed by atoms with Gasteiger partial charge in [-0.2, -0.15) is 0 Å². The molecule has 2 aliphatic rings. The van der Waals surface area contributed by atoms with E-state index < -0.39 is 5.97 Å². The summed E-state index contributed by atoms with van der Waals surface area (Å²) in [6.45, 7) is 8.26. The van der Waals surface area contributed by atoms with Gasteiger partial charge in [-0.3, -0.25) is 4.79 Å². The molecule has 1 amide bonds. The van der Waals surface area contributed by atoms with Crippen molar-refractivity contribution in [3.8, 4) is 23.5 Å². The van der Waals surface area contributed by atoms with Crippen molar-refractivity contribution in [1.29, 1.82) is 0 Å². The molecule has 0 aromatic carbocycles. The second-order valence-corrected chi connectivity index (χ2v) is 12.2. The lowest BCUT2D eigenvalue weighted by atomic mass is 9.80. The normalized spacial score (nSPS) is 23.3. The van der Waals surface area contributed by atoms with Gasteiger partial charge in [0, 0.05) is 42.5 Å². The van der Waals surface area contributed by atoms with Gasteiger partial charge in [0.15, 0.2) is 0 Å². The molecule has 198 valence electrons. The number of hydrogen-bond acceptors (Lipinski definition) is 6. The number of amides is 1. The predicted octanol–water partition coefficient (Wildman–Crippen LogP) is 6.02. The molecule has 2 heterocycles. The van der Waals surface area contributed by atoms with E-state index in [1.807, 2.05) is 20.8 Å². The van der Waals surface area contributed by atoms with E-state index in [0.717, 1.165) is 37.0 Å². The van der Waals surface area contributed by atoms with Gasteiger partial charge in [-0.25, -0.2) is 9.78 Å². The standard InChI is InChI=1S/C29H36N2O5S/c1-18-6-8-19(9-7-18)27(32)31(20-14-22(15-20)36-21-11-13-30-25(16-21)35-5)24-17-23(10-12-29(2,3)4)37-26(24)28(33)34/h11,13,16-20,22H,6-9,14-15H2,1-5H3,(H,33,34)/t18-,19-,20-,22-. The highest BCUT2D eigenvalue weighted by Gasteiger charge is 2.42. The van der Waals surface area contributed by atoms with Crippen molar-refractivity contribution < 1.29 is 24.2 Å². The van der Waals surface area contributed by atoms with E-state index >= 15 is 0 Å². The Hall–Kier alpha value is -3.05. The minimum atomic E-state index is -1.03. The van der Waals surface area contributed by atoms with Gasteiger partial charge in [-0.05, 0) is 64.5 Å². The number of aromatic carboxylic acids is 1. The molecule has 0 unspecified atom stereocenters. The number of carboxylic acids is 1. The van der Waals surface area contributed by atoms with Crippen LogP contribution < -0.4 is 14.4 Å². The molecule has 0 bridgehead atoms. The van der Waals surface area contributed by atoms with Gasteiger partial charge in [0.05, 0.1) is 17.7 Å². The molecule has 2 aliphatic carbocycles. The van der Waals surface area contributed by atoms with Gasteiger partial charge < -0.3 is 19.5 Å². The molecule has 2 saturated carbocycles. The summed E-state index contributed by atoms with van der Waals surface area (Å²) in [7, 11) is 1.56. The van der Waals surface area contributed by atoms with Crippen molar-refractivity contribution in [2.45, 2.75) is 78.4 Å². The first-order chi connectivity index (χ1) is 17.5. The smallest absolute Gasteiger partial charge is 0.348 e. The third kappa shape index (κ3) is 6.64. The summed E-state index contributed by atoms with van der Waals surface area (Å²) in [6.07, 6.45) is 6.51. The molecule has 37 heavy (non-hydrogen) atoms. The molecular weight excluding hydrogens is 488 g/mol. The van der Waals surface area contributed by atoms with Crippen LogP contribution in [0.15, 0.2) is 24.4 Å². The van der Waals surface area contributed by atoms with E-state index in [0.29, 0.717) is 41.0 Å². The summed E-state index contributed by atoms with van der Waals surface area (Å²) in [5.41, 5.74) is 0.254. The van der Waals surface area contributed by atoms with Crippen LogP contribution in [0.3, 0.4) is 0 Å². The van der Waals surface area contributed by atoms with Gasteiger partial charge in [0.1, 0.15) is 16.7 Å². The Balaban J connectivity index is 1.60. The number of methoxy groups -OCH3 is 1. The Morgan fingerprint density at radius 1 is 1.16 bits per heavy atom. The third-order valence-corrected chi connectivity index (χ3v) is 8.01. The highest BCUT2D eigenvalue weighted by molar-refractivity contribution is 7.15. The van der Waals surface area contributed by atoms with Crippen LogP contribution >= 0.6 is 11.3 Å². The zero-order valence-corrected chi connectivity index (χ0v) is 23.1. The zero-order valence-electron chi connectivity index (χ0n) is 22.2. The lowest BCUT2D eigenvalue weighted by Crippen LogP contribution is -2.54. The second kappa shape index (κ2) is 11.1. The molecule has 7 nitrogen and oxygen atoms in total. The fraction of sp³-hybridized carbons (Fsp3) is 0.552. The molecule has 0 saturated heterocycles. The average Bonchev–Trinajstić information content (AvgIpc) is 3.26. The van der Waals surface area contributed by atoms with E-state index in [1.54, 1.807) is 36.4 Å². The van der Waals surface area contributed by atoms with Crippen LogP contribution in [0.4, 0.5) is 5.69 Å². The monoisotopic (exact) mass is 524 g/mol. The van der Waals surface area contributed by atoms with Crippen LogP contribution in [0.25, 0.3) is 0 Å². The Kier molecular flexibility index (Phi) is 8.13. The SMILES string of the molecule is COc1cc(O[C@H]2C[C@H](N(c3cc(C#CC(C)(C)C)sc3C(=O)O)C(=O)[C@H]3CC[C@H](C)CC3)C2)ccn1. The van der Waals surface area contributed by atoms with Gasteiger partial charge in [-0.1, -0.05) is 18.8 Å². The first-order valence-electron chi connectivity index (χ1n) is 12.9. The predicted molar refractivity (Wildman–Crippen MR) is 144 cm³/mol. The van der Waals surface area contributed by atoms with Gasteiger partial charge in [0.2, 0.25) is 11.8 Å². The number of pyridine rings is 1. The second-order valence-electron chi connectivity index (χ2n) is 11.2. The summed E-state index contributed by atoms with van der Waals surface area (Å²) < 4.78 is 11.3. The number of rotatable bonds is 7. The summed E-state index contributed by atoms with van der Waals surface area (Å²) in [6, 6.07) is 5.18. The number of carbonyl (C=O) groups excluding carboxylic acids is 1. The minimum absolute atomic E-state index is 0.0246. The van der Waals surface area contributed by atoms with Crippen molar-refractivity contribution in [1.82, 2.24) is 4.98 Å². The van der Waals surface area contributed by atoms with E-state index in [4.69, 9.17) is 9.47 Å². The average molecular weight is 525 g/mol. The first kappa shape index (κ1) is 27.0. The first-order valence-corrected chi connectivity index (χ1v) is 13.8. The third-order valence-electron chi connectivity index (χ3n) is 6.98. The number of anilines is 1. The quantitative estimate of drug-likeness (QED) is 0.446. The summed E-state index contributed by atoms with van der Waals surface area (Å²) >= 11 is 1.14. The van der Waals surface area contributed by atoms with Crippen molar-refractivity contribution in [3.63, 3.8) is 0 Å². The highest BCUT2D eigenvalue weighted by atomic mass is 32.1. The lowest BCUT2D eigenvalue weighted by molar-refractivity contribution is -0.124. The van der Waals surface area contributed by atoms with Crippen LogP contribution in [0.5, 0.6) is 11.6 Å². The molecule has 2 fully saturated rings. The summed E-state index contributed by atoms with van der Waals surface area (Å²) in [5.74, 6) is 6.97. The summed E-state index contributed by atoms with van der Waals surface area (Å²) in [4.78, 5) is 32.9. The Morgan fingerprint density at radius 2 is 1.86 bits per heavy atom. The largest absolute Gasteiger partial charge is 0.490 e. The number of carbonyl (C=O) groups is 2. The molecule has 2 aromatic heterocycles. The van der Waals surface area contributed by atoms with Crippen molar-refractivity contribution in [2.24, 2.45) is 17.3 Å². The van der Waals surface area contributed by atoms with Crippen molar-refractivity contribution in [2.75, 3.05) is 12.0 Å². The lowest BCUT2D eigenvalue weighted by Gasteiger charge is -2.44. The number of hydrogen-bond donors (Lipinski definition) is 1. The summed E-state index contributed by atoms with van der Waals surface area (Å²) in [5, 5.41) is 10.0. The maximum absolute atomic E-state index is 13.9. The maximum atomic E-state index is 13.9. The Morgan fingerprint density at radius 3 is 2.49 bits per heavy atom. The molecule has 0 radical (unpaired) electrons. The number of carboxylic acid groups (broad SMARTS) is 1. The van der Waals surface area contributed by atoms with E-state index in [-0.39, 0.29) is 34.3 Å². The zero-order chi connectivity index (χ0) is 26.7.